The summed E-state index contributed by atoms with van der Waals surface area (Å²) >= 11 is 0. The van der Waals surface area contributed by atoms with Crippen LogP contribution in [0.25, 0.3) is 0 Å². The Morgan fingerprint density at radius 2 is 1.79 bits per heavy atom. The Morgan fingerprint density at radius 1 is 1.10 bits per heavy atom. The summed E-state index contributed by atoms with van der Waals surface area (Å²) in [5, 5.41) is 4.60. The van der Waals surface area contributed by atoms with Gasteiger partial charge in [0.15, 0.2) is 0 Å². The minimum atomic E-state index is 0.0168. The van der Waals surface area contributed by atoms with Crippen molar-refractivity contribution in [3.63, 3.8) is 0 Å². The summed E-state index contributed by atoms with van der Waals surface area (Å²) in [6, 6.07) is 9.79. The molecule has 0 radical (unpaired) electrons. The van der Waals surface area contributed by atoms with Gasteiger partial charge in [0.2, 0.25) is 0 Å². The Balaban J connectivity index is 1.36. The van der Waals surface area contributed by atoms with Crippen molar-refractivity contribution in [3.05, 3.63) is 63.1 Å². The minimum absolute atomic E-state index is 0.0168. The lowest BCUT2D eigenvalue weighted by Gasteiger charge is -2.32. The molecule has 0 atom stereocenters. The van der Waals surface area contributed by atoms with Gasteiger partial charge in [0.1, 0.15) is 0 Å². The van der Waals surface area contributed by atoms with E-state index in [0.29, 0.717) is 12.5 Å². The van der Waals surface area contributed by atoms with Crippen molar-refractivity contribution in [2.75, 3.05) is 13.1 Å². The van der Waals surface area contributed by atoms with E-state index < -0.39 is 0 Å². The number of fused-ring (bicyclic) bond motifs is 1. The smallest absolute Gasteiger partial charge is 0.267 e. The summed E-state index contributed by atoms with van der Waals surface area (Å²) in [5.74, 6) is 0.503. The summed E-state index contributed by atoms with van der Waals surface area (Å²) in [5.41, 5.74) is 4.32. The van der Waals surface area contributed by atoms with Crippen LogP contribution >= 0.6 is 0 Å². The topological polar surface area (TPSA) is 55.2 Å². The van der Waals surface area contributed by atoms with Crippen molar-refractivity contribution >= 4 is 5.91 Å². The van der Waals surface area contributed by atoms with Gasteiger partial charge in [0.25, 0.3) is 11.5 Å². The van der Waals surface area contributed by atoms with E-state index in [1.165, 1.54) is 5.56 Å². The molecule has 0 saturated carbocycles. The zero-order valence-corrected chi connectivity index (χ0v) is 17.8. The molecule has 2 aliphatic rings. The molecule has 0 unspecified atom stereocenters. The normalized spacial score (nSPS) is 17.4. The second-order valence-corrected chi connectivity index (χ2v) is 9.55. The number of aryl methyl sites for hydroxylation is 2. The van der Waals surface area contributed by atoms with Gasteiger partial charge in [-0.25, -0.2) is 4.68 Å². The first kappa shape index (κ1) is 19.9. The molecule has 0 bridgehead atoms. The molecular formula is C24H31N3O2. The largest absolute Gasteiger partial charge is 0.339 e. The van der Waals surface area contributed by atoms with Gasteiger partial charge in [-0.1, -0.05) is 32.9 Å². The Kier molecular flexibility index (Phi) is 5.32. The summed E-state index contributed by atoms with van der Waals surface area (Å²) in [7, 11) is 0. The summed E-state index contributed by atoms with van der Waals surface area (Å²) < 4.78 is 1.65. The minimum Gasteiger partial charge on any atom is -0.339 e. The third-order valence-electron chi connectivity index (χ3n) is 6.35. The van der Waals surface area contributed by atoms with Crippen LogP contribution in [-0.2, 0) is 24.8 Å². The molecule has 1 aliphatic heterocycles. The van der Waals surface area contributed by atoms with Crippen LogP contribution in [0.2, 0.25) is 0 Å². The Labute approximate surface area is 172 Å². The van der Waals surface area contributed by atoms with E-state index >= 15 is 0 Å². The Bertz CT molecular complexity index is 946. The van der Waals surface area contributed by atoms with Crippen molar-refractivity contribution in [2.45, 2.75) is 64.8 Å². The molecular weight excluding hydrogens is 362 g/mol. The van der Waals surface area contributed by atoms with Crippen LogP contribution in [0.4, 0.5) is 0 Å². The van der Waals surface area contributed by atoms with Gasteiger partial charge < -0.3 is 4.90 Å². The number of likely N-dealkylation sites (tertiary alicyclic amines) is 1. The zero-order chi connectivity index (χ0) is 20.6. The fourth-order valence-electron chi connectivity index (χ4n) is 4.43. The summed E-state index contributed by atoms with van der Waals surface area (Å²) in [6.45, 7) is 8.67. The van der Waals surface area contributed by atoms with Crippen molar-refractivity contribution in [2.24, 2.45) is 5.92 Å². The molecule has 1 aliphatic carbocycles. The Morgan fingerprint density at radius 3 is 2.45 bits per heavy atom. The van der Waals surface area contributed by atoms with Crippen molar-refractivity contribution in [1.82, 2.24) is 14.7 Å². The number of benzene rings is 1. The van der Waals surface area contributed by atoms with Crippen LogP contribution in [0.1, 0.15) is 67.2 Å². The van der Waals surface area contributed by atoms with E-state index in [0.717, 1.165) is 62.0 Å². The molecule has 2 heterocycles. The molecule has 5 nitrogen and oxygen atoms in total. The van der Waals surface area contributed by atoms with Gasteiger partial charge in [-0.15, -0.1) is 0 Å². The molecule has 154 valence electrons. The quantitative estimate of drug-likeness (QED) is 0.801. The second kappa shape index (κ2) is 7.77. The fourth-order valence-corrected chi connectivity index (χ4v) is 4.43. The SMILES string of the molecule is CC(C)(C)c1ccc(C(=O)N2CCC(Cn3nc4c(cc3=O)CCC4)CC2)cc1. The first-order chi connectivity index (χ1) is 13.8. The summed E-state index contributed by atoms with van der Waals surface area (Å²) in [6.07, 6.45) is 4.89. The first-order valence-corrected chi connectivity index (χ1v) is 10.8. The monoisotopic (exact) mass is 393 g/mol. The average molecular weight is 394 g/mol. The lowest BCUT2D eigenvalue weighted by Crippen LogP contribution is -2.40. The molecule has 5 heteroatoms. The highest BCUT2D eigenvalue weighted by molar-refractivity contribution is 5.94. The number of carbonyl (C=O) groups is 1. The maximum Gasteiger partial charge on any atom is 0.267 e. The summed E-state index contributed by atoms with van der Waals surface area (Å²) in [4.78, 5) is 27.2. The highest BCUT2D eigenvalue weighted by Crippen LogP contribution is 2.24. The van der Waals surface area contributed by atoms with Crippen LogP contribution < -0.4 is 5.56 Å². The van der Waals surface area contributed by atoms with Crippen LogP contribution in [0.15, 0.2) is 35.1 Å². The second-order valence-electron chi connectivity index (χ2n) is 9.55. The molecule has 1 amide bonds. The molecule has 1 saturated heterocycles. The highest BCUT2D eigenvalue weighted by atomic mass is 16.2. The maximum absolute atomic E-state index is 12.9. The van der Waals surface area contributed by atoms with Crippen LogP contribution in [-0.4, -0.2) is 33.7 Å². The molecule has 0 spiro atoms. The fraction of sp³-hybridized carbons (Fsp3) is 0.542. The van der Waals surface area contributed by atoms with Crippen LogP contribution in [0.3, 0.4) is 0 Å². The number of hydrogen-bond acceptors (Lipinski definition) is 3. The van der Waals surface area contributed by atoms with Gasteiger partial charge >= 0.3 is 0 Å². The van der Waals surface area contributed by atoms with E-state index in [2.05, 4.69) is 38.0 Å². The number of hydrogen-bond donors (Lipinski definition) is 0. The lowest BCUT2D eigenvalue weighted by atomic mass is 9.86. The van der Waals surface area contributed by atoms with Crippen LogP contribution in [0, 0.1) is 5.92 Å². The van der Waals surface area contributed by atoms with Crippen LogP contribution in [0.5, 0.6) is 0 Å². The predicted molar refractivity (Wildman–Crippen MR) is 114 cm³/mol. The third kappa shape index (κ3) is 4.29. The molecule has 1 fully saturated rings. The van der Waals surface area contributed by atoms with Gasteiger partial charge in [-0.2, -0.15) is 5.10 Å². The van der Waals surface area contributed by atoms with E-state index in [1.54, 1.807) is 10.7 Å². The molecule has 29 heavy (non-hydrogen) atoms. The highest BCUT2D eigenvalue weighted by Gasteiger charge is 2.25. The van der Waals surface area contributed by atoms with Gasteiger partial charge in [-0.3, -0.25) is 9.59 Å². The predicted octanol–water partition coefficient (Wildman–Crippen LogP) is 3.58. The van der Waals surface area contributed by atoms with Crippen molar-refractivity contribution in [3.8, 4) is 0 Å². The zero-order valence-electron chi connectivity index (χ0n) is 17.8. The number of rotatable bonds is 3. The number of amides is 1. The van der Waals surface area contributed by atoms with Crippen molar-refractivity contribution in [1.29, 1.82) is 0 Å². The number of nitrogens with zero attached hydrogens (tertiary/aromatic N) is 3. The van der Waals surface area contributed by atoms with E-state index in [4.69, 9.17) is 0 Å². The first-order valence-electron chi connectivity index (χ1n) is 10.8. The molecule has 4 rings (SSSR count). The standard InChI is InChI=1S/C24H31N3O2/c1-24(2,3)20-9-7-18(8-10-20)23(29)26-13-11-17(12-14-26)16-27-22(28)15-19-5-4-6-21(19)25-27/h7-10,15,17H,4-6,11-14,16H2,1-3H3. The van der Waals surface area contributed by atoms with E-state index in [1.807, 2.05) is 17.0 Å². The van der Waals surface area contributed by atoms with Gasteiger partial charge in [0.05, 0.1) is 5.69 Å². The lowest BCUT2D eigenvalue weighted by molar-refractivity contribution is 0.0680. The van der Waals surface area contributed by atoms with Gasteiger partial charge in [0, 0.05) is 31.3 Å². The average Bonchev–Trinajstić information content (AvgIpc) is 3.15. The molecule has 1 aromatic carbocycles. The van der Waals surface area contributed by atoms with Crippen molar-refractivity contribution < 1.29 is 4.79 Å². The number of carbonyl (C=O) groups excluding carboxylic acids is 1. The molecule has 2 aromatic rings. The number of piperidine rings is 1. The van der Waals surface area contributed by atoms with Gasteiger partial charge in [-0.05, 0) is 66.7 Å². The van der Waals surface area contributed by atoms with E-state index in [-0.39, 0.29) is 16.9 Å². The Hall–Kier alpha value is -2.43. The van der Waals surface area contributed by atoms with E-state index in [9.17, 15) is 9.59 Å². The number of aromatic nitrogens is 2. The molecule has 1 aromatic heterocycles. The third-order valence-corrected chi connectivity index (χ3v) is 6.35. The maximum atomic E-state index is 12.9. The molecule has 0 N–H and O–H groups in total.